The molecule has 2 fully saturated rings. The van der Waals surface area contributed by atoms with E-state index in [-0.39, 0.29) is 24.5 Å². The molecule has 6 atom stereocenters. The van der Waals surface area contributed by atoms with Crippen LogP contribution >= 0.6 is 0 Å². The summed E-state index contributed by atoms with van der Waals surface area (Å²) >= 11 is 0. The zero-order chi connectivity index (χ0) is 28.9. The summed E-state index contributed by atoms with van der Waals surface area (Å²) in [5, 5.41) is 46.5. The number of esters is 2. The highest BCUT2D eigenvalue weighted by atomic mass is 16.6. The van der Waals surface area contributed by atoms with Gasteiger partial charge in [-0.15, -0.1) is 0 Å². The number of rotatable bonds is 10. The number of hydrogen-bond donors (Lipinski definition) is 5. The van der Waals surface area contributed by atoms with Gasteiger partial charge in [-0.1, -0.05) is 43.3 Å². The second-order valence-electron chi connectivity index (χ2n) is 10.1. The topological polar surface area (TPSA) is 175 Å². The molecular formula is C28H34N2O10. The summed E-state index contributed by atoms with van der Waals surface area (Å²) in [7, 11) is 0. The van der Waals surface area contributed by atoms with E-state index >= 15 is 0 Å². The van der Waals surface area contributed by atoms with E-state index in [1.54, 1.807) is 67.6 Å². The number of nitrogens with one attached hydrogen (secondary N) is 1. The number of urea groups is 1. The fourth-order valence-corrected chi connectivity index (χ4v) is 5.09. The summed E-state index contributed by atoms with van der Waals surface area (Å²) < 4.78 is 16.5. The molecule has 12 heteroatoms. The third-order valence-corrected chi connectivity index (χ3v) is 7.36. The van der Waals surface area contributed by atoms with E-state index < -0.39 is 79.5 Å². The van der Waals surface area contributed by atoms with Crippen molar-refractivity contribution in [3.05, 3.63) is 60.7 Å². The lowest BCUT2D eigenvalue weighted by molar-refractivity contribution is -0.179. The van der Waals surface area contributed by atoms with Crippen LogP contribution in [-0.2, 0) is 14.3 Å². The molecule has 0 saturated carbocycles. The number of amides is 2. The number of nitrogens with zero attached hydrogens (tertiary/aromatic N) is 1. The van der Waals surface area contributed by atoms with E-state index in [1.165, 1.54) is 0 Å². The van der Waals surface area contributed by atoms with Gasteiger partial charge in [0.15, 0.2) is 6.23 Å². The zero-order valence-corrected chi connectivity index (χ0v) is 22.0. The number of carbonyl (C=O) groups excluding carboxylic acids is 3. The third kappa shape index (κ3) is 6.11. The summed E-state index contributed by atoms with van der Waals surface area (Å²) in [6.45, 7) is 0.849. The van der Waals surface area contributed by atoms with Gasteiger partial charge in [-0.2, -0.15) is 0 Å². The molecule has 2 saturated heterocycles. The van der Waals surface area contributed by atoms with Crippen molar-refractivity contribution in [2.45, 2.75) is 62.4 Å². The highest BCUT2D eigenvalue weighted by Crippen LogP contribution is 2.47. The van der Waals surface area contributed by atoms with Crippen LogP contribution in [0.3, 0.4) is 0 Å². The lowest BCUT2D eigenvalue weighted by Crippen LogP contribution is -2.67. The fourth-order valence-electron chi connectivity index (χ4n) is 5.09. The molecule has 0 radical (unpaired) electrons. The van der Waals surface area contributed by atoms with Crippen LogP contribution in [-0.4, -0.2) is 86.2 Å². The Balaban J connectivity index is 1.58. The smallest absolute Gasteiger partial charge is 0.321 e. The Labute approximate surface area is 231 Å². The number of para-hydroxylation sites is 2. The molecule has 2 aliphatic heterocycles. The largest absolute Gasteiger partial charge is 0.427 e. The Morgan fingerprint density at radius 3 is 1.95 bits per heavy atom. The Bertz CT molecular complexity index is 1180. The lowest BCUT2D eigenvalue weighted by Gasteiger charge is -2.45. The monoisotopic (exact) mass is 558 g/mol. The highest BCUT2D eigenvalue weighted by molar-refractivity contribution is 5.76. The molecule has 2 amide bonds. The number of hydrogen-bond acceptors (Lipinski definition) is 10. The first-order chi connectivity index (χ1) is 19.1. The number of benzene rings is 2. The van der Waals surface area contributed by atoms with Crippen molar-refractivity contribution in [2.75, 3.05) is 13.2 Å². The van der Waals surface area contributed by atoms with Crippen LogP contribution in [0, 0.1) is 5.92 Å². The van der Waals surface area contributed by atoms with Gasteiger partial charge in [0.05, 0.1) is 6.61 Å². The van der Waals surface area contributed by atoms with Gasteiger partial charge in [0.1, 0.15) is 35.0 Å². The number of carbonyl (C=O) groups is 3. The second-order valence-corrected chi connectivity index (χ2v) is 10.1. The van der Waals surface area contributed by atoms with Crippen molar-refractivity contribution >= 4 is 18.0 Å². The summed E-state index contributed by atoms with van der Waals surface area (Å²) in [4.78, 5) is 39.2. The first-order valence-electron chi connectivity index (χ1n) is 13.0. The standard InChI is InChI=1S/C28H34N2O10/c1-18-16-30(26(35)29-24(18)34)25-28(37,15-13-23(33)39-20-10-6-3-7-11-20)27(36,21(17-31)40-25)14-12-22(32)38-19-8-4-2-5-9-19/h2-11,18,21,24-25,31,34,36-37H,12-17H2,1H3,(H,29,35)/t18?,21-,24?,25-,27-,28+/m1/s1. The third-order valence-electron chi connectivity index (χ3n) is 7.36. The van der Waals surface area contributed by atoms with Gasteiger partial charge in [0.2, 0.25) is 0 Å². The van der Waals surface area contributed by atoms with Gasteiger partial charge in [0, 0.05) is 25.3 Å². The molecule has 0 bridgehead atoms. The van der Waals surface area contributed by atoms with E-state index in [4.69, 9.17) is 14.2 Å². The van der Waals surface area contributed by atoms with E-state index in [0.29, 0.717) is 0 Å². The van der Waals surface area contributed by atoms with E-state index in [0.717, 1.165) is 4.90 Å². The van der Waals surface area contributed by atoms with Gasteiger partial charge >= 0.3 is 18.0 Å². The van der Waals surface area contributed by atoms with E-state index in [1.807, 2.05) is 0 Å². The molecule has 40 heavy (non-hydrogen) atoms. The number of ether oxygens (including phenoxy) is 3. The van der Waals surface area contributed by atoms with E-state index in [2.05, 4.69) is 5.32 Å². The molecule has 2 heterocycles. The van der Waals surface area contributed by atoms with Gasteiger partial charge in [-0.05, 0) is 37.1 Å². The minimum absolute atomic E-state index is 0.0568. The van der Waals surface area contributed by atoms with Crippen LogP contribution in [0.1, 0.15) is 32.6 Å². The quantitative estimate of drug-likeness (QED) is 0.208. The maximum Gasteiger partial charge on any atom is 0.321 e. The summed E-state index contributed by atoms with van der Waals surface area (Å²) in [6.07, 6.45) is -5.72. The number of aliphatic hydroxyl groups is 4. The van der Waals surface area contributed by atoms with Crippen molar-refractivity contribution in [2.24, 2.45) is 5.92 Å². The first kappa shape index (κ1) is 29.4. The average molecular weight is 559 g/mol. The van der Waals surface area contributed by atoms with Crippen molar-refractivity contribution in [3.8, 4) is 11.5 Å². The molecule has 2 unspecified atom stereocenters. The maximum atomic E-state index is 12.8. The molecule has 2 aromatic carbocycles. The summed E-state index contributed by atoms with van der Waals surface area (Å²) in [6, 6.07) is 15.8. The average Bonchev–Trinajstić information content (AvgIpc) is 3.16. The molecule has 0 aliphatic carbocycles. The Morgan fingerprint density at radius 1 is 0.950 bits per heavy atom. The van der Waals surface area contributed by atoms with Crippen LogP contribution in [0.2, 0.25) is 0 Å². The molecular weight excluding hydrogens is 524 g/mol. The molecule has 216 valence electrons. The van der Waals surface area contributed by atoms with Crippen LogP contribution in [0.25, 0.3) is 0 Å². The second kappa shape index (κ2) is 12.3. The summed E-state index contributed by atoms with van der Waals surface area (Å²) in [5.74, 6) is -1.34. The van der Waals surface area contributed by atoms with Crippen molar-refractivity contribution in [1.29, 1.82) is 0 Å². The maximum absolute atomic E-state index is 12.8. The molecule has 0 aromatic heterocycles. The highest BCUT2D eigenvalue weighted by Gasteiger charge is 2.67. The Kier molecular flexibility index (Phi) is 9.06. The van der Waals surface area contributed by atoms with Gasteiger partial charge in [-0.3, -0.25) is 14.5 Å². The van der Waals surface area contributed by atoms with Crippen molar-refractivity contribution in [1.82, 2.24) is 10.2 Å². The summed E-state index contributed by atoms with van der Waals surface area (Å²) in [5.41, 5.74) is -4.61. The zero-order valence-electron chi connectivity index (χ0n) is 22.0. The molecule has 12 nitrogen and oxygen atoms in total. The molecule has 2 aliphatic rings. The van der Waals surface area contributed by atoms with E-state index in [9.17, 15) is 34.8 Å². The predicted molar refractivity (Wildman–Crippen MR) is 139 cm³/mol. The molecule has 0 spiro atoms. The van der Waals surface area contributed by atoms with Gasteiger partial charge < -0.3 is 40.0 Å². The molecule has 2 aromatic rings. The van der Waals surface area contributed by atoms with Gasteiger partial charge in [-0.25, -0.2) is 4.79 Å². The van der Waals surface area contributed by atoms with Crippen molar-refractivity contribution in [3.63, 3.8) is 0 Å². The first-order valence-corrected chi connectivity index (χ1v) is 13.0. The Hall–Kier alpha value is -3.55. The molecule has 5 N–H and O–H groups in total. The molecule has 4 rings (SSSR count). The normalized spacial score (nSPS) is 30.0. The lowest BCUT2D eigenvalue weighted by atomic mass is 9.74. The van der Waals surface area contributed by atoms with Crippen LogP contribution < -0.4 is 14.8 Å². The number of aliphatic hydroxyl groups excluding tert-OH is 2. The van der Waals surface area contributed by atoms with Crippen LogP contribution in [0.15, 0.2) is 60.7 Å². The van der Waals surface area contributed by atoms with Crippen LogP contribution in [0.4, 0.5) is 4.79 Å². The minimum atomic E-state index is -2.33. The fraction of sp³-hybridized carbons (Fsp3) is 0.464. The minimum Gasteiger partial charge on any atom is -0.427 e. The van der Waals surface area contributed by atoms with Crippen molar-refractivity contribution < 1.29 is 49.0 Å². The SMILES string of the molecule is CC1CN([C@@H]2O[C@H](CO)[C@](O)(CCC(=O)Oc3ccccc3)[C@]2(O)CCC(=O)Oc2ccccc2)C(=O)NC1O. The Morgan fingerprint density at radius 2 is 1.45 bits per heavy atom. The predicted octanol–water partition coefficient (Wildman–Crippen LogP) is 0.917. The van der Waals surface area contributed by atoms with Crippen LogP contribution in [0.5, 0.6) is 11.5 Å². The van der Waals surface area contributed by atoms with Gasteiger partial charge in [0.25, 0.3) is 0 Å².